The molecule has 15 heavy (non-hydrogen) atoms. The van der Waals surface area contributed by atoms with Crippen LogP contribution in [0.3, 0.4) is 0 Å². The van der Waals surface area contributed by atoms with Gasteiger partial charge in [0.15, 0.2) is 5.78 Å². The van der Waals surface area contributed by atoms with Crippen LogP contribution in [0.15, 0.2) is 23.1 Å². The summed E-state index contributed by atoms with van der Waals surface area (Å²) < 4.78 is 0. The Morgan fingerprint density at radius 1 is 1.47 bits per heavy atom. The van der Waals surface area contributed by atoms with Gasteiger partial charge in [-0.2, -0.15) is 0 Å². The van der Waals surface area contributed by atoms with E-state index in [2.05, 4.69) is 36.7 Å². The molecule has 0 heterocycles. The van der Waals surface area contributed by atoms with Crippen LogP contribution in [0, 0.1) is 6.92 Å². The molecule has 1 aromatic carbocycles. The van der Waals surface area contributed by atoms with E-state index in [9.17, 15) is 4.79 Å². The first-order valence-corrected chi connectivity index (χ1v) is 6.91. The summed E-state index contributed by atoms with van der Waals surface area (Å²) >= 11 is 5.01. The molecule has 0 spiro atoms. The van der Waals surface area contributed by atoms with Crippen LogP contribution in [0.5, 0.6) is 0 Å². The van der Waals surface area contributed by atoms with Crippen molar-refractivity contribution in [3.63, 3.8) is 0 Å². The summed E-state index contributed by atoms with van der Waals surface area (Å²) in [5.41, 5.74) is 1.97. The molecule has 82 valence electrons. The Morgan fingerprint density at radius 2 is 2.13 bits per heavy atom. The molecule has 0 aliphatic rings. The summed E-state index contributed by atoms with van der Waals surface area (Å²) in [6.45, 7) is 6.39. The van der Waals surface area contributed by atoms with Gasteiger partial charge in [0, 0.05) is 15.7 Å². The first-order valence-electron chi connectivity index (χ1n) is 4.91. The van der Waals surface area contributed by atoms with Gasteiger partial charge in [-0.1, -0.05) is 35.8 Å². The van der Waals surface area contributed by atoms with Crippen molar-refractivity contribution in [2.24, 2.45) is 0 Å². The van der Waals surface area contributed by atoms with E-state index in [1.54, 1.807) is 0 Å². The third kappa shape index (κ3) is 3.65. The molecule has 0 atom stereocenters. The normalized spacial score (nSPS) is 10.7. The number of hydrogen-bond acceptors (Lipinski definition) is 2. The highest BCUT2D eigenvalue weighted by atomic mass is 79.9. The van der Waals surface area contributed by atoms with Crippen molar-refractivity contribution in [1.29, 1.82) is 0 Å². The number of aryl methyl sites for hydroxylation is 1. The smallest absolute Gasteiger partial charge is 0.173 e. The number of benzene rings is 1. The molecule has 0 fully saturated rings. The van der Waals surface area contributed by atoms with Crippen LogP contribution in [0.25, 0.3) is 0 Å². The summed E-state index contributed by atoms with van der Waals surface area (Å²) in [4.78, 5) is 12.7. The predicted octanol–water partition coefficient (Wildman–Crippen LogP) is 4.07. The number of carbonyl (C=O) groups is 1. The highest BCUT2D eigenvalue weighted by molar-refractivity contribution is 9.09. The van der Waals surface area contributed by atoms with Gasteiger partial charge in [-0.05, 0) is 24.6 Å². The maximum absolute atomic E-state index is 11.4. The molecule has 3 heteroatoms. The van der Waals surface area contributed by atoms with Crippen molar-refractivity contribution in [1.82, 2.24) is 0 Å². The lowest BCUT2D eigenvalue weighted by atomic mass is 10.1. The van der Waals surface area contributed by atoms with Crippen molar-refractivity contribution in [3.8, 4) is 0 Å². The Labute approximate surface area is 104 Å². The van der Waals surface area contributed by atoms with Crippen molar-refractivity contribution >= 4 is 33.5 Å². The van der Waals surface area contributed by atoms with E-state index in [4.69, 9.17) is 0 Å². The first-order chi connectivity index (χ1) is 7.04. The molecule has 0 saturated carbocycles. The van der Waals surface area contributed by atoms with E-state index in [0.717, 1.165) is 5.56 Å². The molecule has 1 rings (SSSR count). The van der Waals surface area contributed by atoms with Crippen LogP contribution in [0.4, 0.5) is 0 Å². The highest BCUT2D eigenvalue weighted by Gasteiger charge is 2.07. The number of thioether (sulfide) groups is 1. The molecular weight excluding hydrogens is 272 g/mol. The molecular formula is C12H15BrOS. The Balaban J connectivity index is 2.93. The third-order valence-electron chi connectivity index (χ3n) is 1.98. The minimum absolute atomic E-state index is 0.138. The van der Waals surface area contributed by atoms with Gasteiger partial charge in [0.05, 0.1) is 5.33 Å². The van der Waals surface area contributed by atoms with Gasteiger partial charge in [0.2, 0.25) is 0 Å². The summed E-state index contributed by atoms with van der Waals surface area (Å²) in [5, 5.41) is 0.963. The zero-order chi connectivity index (χ0) is 11.4. The highest BCUT2D eigenvalue weighted by Crippen LogP contribution is 2.27. The third-order valence-corrected chi connectivity index (χ3v) is 3.67. The van der Waals surface area contributed by atoms with Crippen molar-refractivity contribution < 1.29 is 4.79 Å². The summed E-state index contributed by atoms with van der Waals surface area (Å²) in [6, 6.07) is 5.91. The Bertz CT molecular complexity index is 361. The summed E-state index contributed by atoms with van der Waals surface area (Å²) in [6.07, 6.45) is 0. The lowest BCUT2D eigenvalue weighted by Gasteiger charge is -2.09. The number of halogens is 1. The van der Waals surface area contributed by atoms with Crippen LogP contribution >= 0.6 is 27.7 Å². The minimum Gasteiger partial charge on any atom is -0.293 e. The molecule has 0 aliphatic heterocycles. The number of hydrogen-bond donors (Lipinski definition) is 0. The standard InChI is InChI=1S/C12H15BrOS/c1-8(2)15-12-5-4-10(6-9(12)3)11(14)7-13/h4-6,8H,7H2,1-3H3. The number of carbonyl (C=O) groups excluding carboxylic acids is 1. The molecule has 0 N–H and O–H groups in total. The maximum atomic E-state index is 11.4. The lowest BCUT2D eigenvalue weighted by Crippen LogP contribution is -2.00. The second-order valence-corrected chi connectivity index (χ2v) is 5.88. The van der Waals surface area contributed by atoms with Crippen molar-refractivity contribution in [2.75, 3.05) is 5.33 Å². The lowest BCUT2D eigenvalue weighted by molar-refractivity contribution is 0.102. The van der Waals surface area contributed by atoms with Gasteiger partial charge >= 0.3 is 0 Å². The van der Waals surface area contributed by atoms with Gasteiger partial charge < -0.3 is 0 Å². The monoisotopic (exact) mass is 286 g/mol. The van der Waals surface area contributed by atoms with Crippen LogP contribution in [-0.4, -0.2) is 16.4 Å². The largest absolute Gasteiger partial charge is 0.293 e. The molecule has 0 radical (unpaired) electrons. The minimum atomic E-state index is 0.138. The quantitative estimate of drug-likeness (QED) is 0.471. The van der Waals surface area contributed by atoms with E-state index in [1.165, 1.54) is 10.5 Å². The van der Waals surface area contributed by atoms with E-state index in [-0.39, 0.29) is 5.78 Å². The van der Waals surface area contributed by atoms with Crippen LogP contribution < -0.4 is 0 Å². The van der Waals surface area contributed by atoms with E-state index >= 15 is 0 Å². The van der Waals surface area contributed by atoms with Gasteiger partial charge in [0.25, 0.3) is 0 Å². The molecule has 0 saturated heterocycles. The van der Waals surface area contributed by atoms with Gasteiger partial charge in [-0.25, -0.2) is 0 Å². The number of alkyl halides is 1. The van der Waals surface area contributed by atoms with Crippen LogP contribution in [-0.2, 0) is 0 Å². The maximum Gasteiger partial charge on any atom is 0.173 e. The van der Waals surface area contributed by atoms with Gasteiger partial charge in [-0.15, -0.1) is 11.8 Å². The number of rotatable bonds is 4. The van der Waals surface area contributed by atoms with E-state index in [1.807, 2.05) is 30.0 Å². The Kier molecular flexibility index (Phi) is 4.87. The zero-order valence-corrected chi connectivity index (χ0v) is 11.6. The topological polar surface area (TPSA) is 17.1 Å². The van der Waals surface area contributed by atoms with Crippen molar-refractivity contribution in [2.45, 2.75) is 30.9 Å². The summed E-state index contributed by atoms with van der Waals surface area (Å²) in [5.74, 6) is 0.138. The molecule has 1 aromatic rings. The number of ketones is 1. The van der Waals surface area contributed by atoms with E-state index in [0.29, 0.717) is 10.6 Å². The fourth-order valence-electron chi connectivity index (χ4n) is 1.29. The summed E-state index contributed by atoms with van der Waals surface area (Å²) in [7, 11) is 0. The predicted molar refractivity (Wildman–Crippen MR) is 70.3 cm³/mol. The number of Topliss-reactive ketones (excluding diaryl/α,β-unsaturated/α-hetero) is 1. The SMILES string of the molecule is Cc1cc(C(=O)CBr)ccc1SC(C)C. The molecule has 0 unspecified atom stereocenters. The second-order valence-electron chi connectivity index (χ2n) is 3.70. The average Bonchev–Trinajstić information content (AvgIpc) is 2.19. The fraction of sp³-hybridized carbons (Fsp3) is 0.417. The van der Waals surface area contributed by atoms with Gasteiger partial charge in [-0.3, -0.25) is 4.79 Å². The second kappa shape index (κ2) is 5.71. The Hall–Kier alpha value is -0.280. The average molecular weight is 287 g/mol. The van der Waals surface area contributed by atoms with Crippen LogP contribution in [0.1, 0.15) is 29.8 Å². The first kappa shape index (κ1) is 12.8. The molecule has 0 aliphatic carbocycles. The fourth-order valence-corrected chi connectivity index (χ4v) is 2.51. The molecule has 1 nitrogen and oxygen atoms in total. The van der Waals surface area contributed by atoms with E-state index < -0.39 is 0 Å². The van der Waals surface area contributed by atoms with Crippen molar-refractivity contribution in [3.05, 3.63) is 29.3 Å². The molecule has 0 amide bonds. The Morgan fingerprint density at radius 3 is 2.60 bits per heavy atom. The van der Waals surface area contributed by atoms with Crippen LogP contribution in [0.2, 0.25) is 0 Å². The molecule has 0 bridgehead atoms. The molecule has 0 aromatic heterocycles. The van der Waals surface area contributed by atoms with Gasteiger partial charge in [0.1, 0.15) is 0 Å². The zero-order valence-electron chi connectivity index (χ0n) is 9.21.